The van der Waals surface area contributed by atoms with E-state index in [0.29, 0.717) is 5.41 Å². The fourth-order valence-corrected chi connectivity index (χ4v) is 3.36. The molecule has 2 saturated heterocycles. The third-order valence-corrected chi connectivity index (χ3v) is 4.58. The van der Waals surface area contributed by atoms with Gasteiger partial charge < -0.3 is 15.1 Å². The third-order valence-electron chi connectivity index (χ3n) is 4.58. The van der Waals surface area contributed by atoms with E-state index >= 15 is 0 Å². The summed E-state index contributed by atoms with van der Waals surface area (Å²) in [5.41, 5.74) is 0.526. The second-order valence-corrected chi connectivity index (χ2v) is 6.56. The van der Waals surface area contributed by atoms with E-state index in [9.17, 15) is 0 Å². The lowest BCUT2D eigenvalue weighted by Crippen LogP contribution is -2.38. The Bertz CT molecular complexity index is 239. The summed E-state index contributed by atoms with van der Waals surface area (Å²) in [5, 5.41) is 3.51. The van der Waals surface area contributed by atoms with Crippen molar-refractivity contribution in [3.8, 4) is 0 Å². The molecule has 0 spiro atoms. The Morgan fingerprint density at radius 3 is 2.67 bits per heavy atom. The Hall–Kier alpha value is 0.170. The average Bonchev–Trinajstić information content (AvgIpc) is 2.56. The van der Waals surface area contributed by atoms with E-state index in [1.165, 1.54) is 58.4 Å². The Kier molecular flexibility index (Phi) is 6.39. The van der Waals surface area contributed by atoms with Crippen LogP contribution in [0.1, 0.15) is 32.6 Å². The van der Waals surface area contributed by atoms with Gasteiger partial charge in [0, 0.05) is 19.1 Å². The molecule has 2 aliphatic heterocycles. The summed E-state index contributed by atoms with van der Waals surface area (Å²) in [6, 6.07) is 0.800. The van der Waals surface area contributed by atoms with E-state index < -0.39 is 0 Å². The molecule has 3 nitrogen and oxygen atoms in total. The van der Waals surface area contributed by atoms with Gasteiger partial charge in [0.2, 0.25) is 0 Å². The van der Waals surface area contributed by atoms with Gasteiger partial charge in [0.25, 0.3) is 0 Å². The van der Waals surface area contributed by atoms with Crippen molar-refractivity contribution in [3.63, 3.8) is 0 Å². The van der Waals surface area contributed by atoms with Crippen LogP contribution in [0.15, 0.2) is 0 Å². The van der Waals surface area contributed by atoms with Crippen molar-refractivity contribution in [1.29, 1.82) is 0 Å². The Balaban J connectivity index is 0.00000162. The van der Waals surface area contributed by atoms with Crippen molar-refractivity contribution in [1.82, 2.24) is 15.1 Å². The van der Waals surface area contributed by atoms with Gasteiger partial charge in [-0.05, 0) is 64.8 Å². The summed E-state index contributed by atoms with van der Waals surface area (Å²) in [6.07, 6.45) is 5.43. The van der Waals surface area contributed by atoms with E-state index in [-0.39, 0.29) is 12.4 Å². The molecule has 0 aromatic heterocycles. The number of nitrogens with zero attached hydrogens (tertiary/aromatic N) is 2. The second kappa shape index (κ2) is 7.09. The highest BCUT2D eigenvalue weighted by Gasteiger charge is 2.31. The van der Waals surface area contributed by atoms with Crippen molar-refractivity contribution in [2.45, 2.75) is 38.6 Å². The largest absolute Gasteiger partial charge is 0.316 e. The summed E-state index contributed by atoms with van der Waals surface area (Å²) < 4.78 is 0. The minimum atomic E-state index is 0. The highest BCUT2D eigenvalue weighted by molar-refractivity contribution is 5.85. The minimum Gasteiger partial charge on any atom is -0.316 e. The normalized spacial score (nSPS) is 34.3. The van der Waals surface area contributed by atoms with Crippen LogP contribution in [-0.2, 0) is 0 Å². The van der Waals surface area contributed by atoms with Crippen LogP contribution >= 0.6 is 12.4 Å². The molecule has 2 atom stereocenters. The van der Waals surface area contributed by atoms with Gasteiger partial charge in [0.1, 0.15) is 0 Å². The molecular weight excluding hydrogens is 246 g/mol. The van der Waals surface area contributed by atoms with Crippen LogP contribution in [0.2, 0.25) is 0 Å². The molecule has 18 heavy (non-hydrogen) atoms. The van der Waals surface area contributed by atoms with Crippen LogP contribution in [0.5, 0.6) is 0 Å². The van der Waals surface area contributed by atoms with Crippen LogP contribution in [0.25, 0.3) is 0 Å². The van der Waals surface area contributed by atoms with Crippen molar-refractivity contribution >= 4 is 12.4 Å². The maximum atomic E-state index is 3.51. The van der Waals surface area contributed by atoms with Crippen LogP contribution in [-0.4, -0.2) is 62.7 Å². The molecule has 2 fully saturated rings. The lowest BCUT2D eigenvalue weighted by Gasteiger charge is -2.31. The Morgan fingerprint density at radius 1 is 1.28 bits per heavy atom. The molecule has 2 aliphatic rings. The zero-order chi connectivity index (χ0) is 12.3. The van der Waals surface area contributed by atoms with Gasteiger partial charge in [0.15, 0.2) is 0 Å². The monoisotopic (exact) mass is 275 g/mol. The molecule has 2 heterocycles. The molecule has 0 aromatic carbocycles. The van der Waals surface area contributed by atoms with Gasteiger partial charge in [-0.2, -0.15) is 0 Å². The van der Waals surface area contributed by atoms with Crippen molar-refractivity contribution in [2.75, 3.05) is 46.8 Å². The number of halogens is 1. The lowest BCUT2D eigenvalue weighted by molar-refractivity contribution is 0.177. The zero-order valence-electron chi connectivity index (χ0n) is 12.2. The lowest BCUT2D eigenvalue weighted by atomic mass is 9.89. The van der Waals surface area contributed by atoms with Crippen LogP contribution < -0.4 is 5.32 Å². The number of hydrogen-bond donors (Lipinski definition) is 1. The zero-order valence-corrected chi connectivity index (χ0v) is 13.1. The van der Waals surface area contributed by atoms with Gasteiger partial charge in [0.05, 0.1) is 0 Å². The number of likely N-dealkylation sites (tertiary alicyclic amines) is 1. The molecule has 4 heteroatoms. The molecule has 0 saturated carbocycles. The van der Waals surface area contributed by atoms with Crippen LogP contribution in [0.4, 0.5) is 0 Å². The molecule has 2 unspecified atom stereocenters. The molecular formula is C14H30ClN3. The average molecular weight is 276 g/mol. The van der Waals surface area contributed by atoms with Gasteiger partial charge in [-0.15, -0.1) is 12.4 Å². The summed E-state index contributed by atoms with van der Waals surface area (Å²) in [5.74, 6) is 0. The maximum Gasteiger partial charge on any atom is 0.0102 e. The van der Waals surface area contributed by atoms with Gasteiger partial charge >= 0.3 is 0 Å². The summed E-state index contributed by atoms with van der Waals surface area (Å²) in [4.78, 5) is 5.11. The first-order valence-electron chi connectivity index (χ1n) is 7.19. The fourth-order valence-electron chi connectivity index (χ4n) is 3.36. The van der Waals surface area contributed by atoms with E-state index in [1.54, 1.807) is 0 Å². The summed E-state index contributed by atoms with van der Waals surface area (Å²) in [7, 11) is 4.45. The minimum absolute atomic E-state index is 0. The first kappa shape index (κ1) is 16.2. The standard InChI is InChI=1S/C14H29N3.ClH/c1-14(7-8-15-11-14)12-17-9-4-5-13(6-10-17)16(2)3;/h13,15H,4-12H2,1-3H3;1H. The fraction of sp³-hybridized carbons (Fsp3) is 1.00. The van der Waals surface area contributed by atoms with Crippen LogP contribution in [0, 0.1) is 5.41 Å². The number of nitrogens with one attached hydrogen (secondary N) is 1. The van der Waals surface area contributed by atoms with Crippen LogP contribution in [0.3, 0.4) is 0 Å². The Labute approximate surface area is 119 Å². The van der Waals surface area contributed by atoms with Gasteiger partial charge in [-0.25, -0.2) is 0 Å². The van der Waals surface area contributed by atoms with E-state index in [0.717, 1.165) is 6.04 Å². The van der Waals surface area contributed by atoms with E-state index in [1.807, 2.05) is 0 Å². The molecule has 0 aliphatic carbocycles. The summed E-state index contributed by atoms with van der Waals surface area (Å²) >= 11 is 0. The highest BCUT2D eigenvalue weighted by Crippen LogP contribution is 2.27. The third kappa shape index (κ3) is 4.37. The second-order valence-electron chi connectivity index (χ2n) is 6.56. The van der Waals surface area contributed by atoms with Crippen molar-refractivity contribution < 1.29 is 0 Å². The van der Waals surface area contributed by atoms with Crippen molar-refractivity contribution in [2.24, 2.45) is 5.41 Å². The van der Waals surface area contributed by atoms with Gasteiger partial charge in [-0.3, -0.25) is 0 Å². The molecule has 108 valence electrons. The molecule has 0 amide bonds. The van der Waals surface area contributed by atoms with E-state index in [2.05, 4.69) is 36.1 Å². The molecule has 0 bridgehead atoms. The predicted octanol–water partition coefficient (Wildman–Crippen LogP) is 1.82. The smallest absolute Gasteiger partial charge is 0.0102 e. The maximum absolute atomic E-state index is 3.51. The molecule has 1 N–H and O–H groups in total. The highest BCUT2D eigenvalue weighted by atomic mass is 35.5. The molecule has 2 rings (SSSR count). The topological polar surface area (TPSA) is 18.5 Å². The Morgan fingerprint density at radius 2 is 2.06 bits per heavy atom. The van der Waals surface area contributed by atoms with Crippen molar-refractivity contribution in [3.05, 3.63) is 0 Å². The van der Waals surface area contributed by atoms with Gasteiger partial charge in [-0.1, -0.05) is 6.92 Å². The molecule has 0 aromatic rings. The first-order chi connectivity index (χ1) is 8.09. The molecule has 0 radical (unpaired) electrons. The SMILES string of the molecule is CN(C)C1CCCN(CC2(C)CCNC2)CC1.Cl. The first-order valence-corrected chi connectivity index (χ1v) is 7.19. The summed E-state index contributed by atoms with van der Waals surface area (Å²) in [6.45, 7) is 8.76. The number of rotatable bonds is 3. The predicted molar refractivity (Wildman–Crippen MR) is 80.6 cm³/mol. The quantitative estimate of drug-likeness (QED) is 0.848. The number of hydrogen-bond acceptors (Lipinski definition) is 3. The van der Waals surface area contributed by atoms with E-state index in [4.69, 9.17) is 0 Å².